The molecule has 0 aliphatic carbocycles. The van der Waals surface area contributed by atoms with Crippen LogP contribution in [-0.4, -0.2) is 26.9 Å². The Hall–Kier alpha value is -1.91. The second-order valence-electron chi connectivity index (χ2n) is 4.16. The topological polar surface area (TPSA) is 114 Å². The van der Waals surface area contributed by atoms with Crippen LogP contribution in [0.15, 0.2) is 17.1 Å². The molecule has 2 unspecified atom stereocenters. The molecule has 0 spiro atoms. The zero-order valence-corrected chi connectivity index (χ0v) is 9.85. The van der Waals surface area contributed by atoms with Gasteiger partial charge in [-0.2, -0.15) is 10.2 Å². The number of hydrogen-bond donors (Lipinski definition) is 2. The Kier molecular flexibility index (Phi) is 3.32. The van der Waals surface area contributed by atoms with Crippen molar-refractivity contribution in [2.24, 2.45) is 5.92 Å². The molecule has 1 aliphatic heterocycles. The van der Waals surface area contributed by atoms with E-state index in [0.717, 1.165) is 0 Å². The number of hydrogen-bond acceptors (Lipinski definition) is 6. The number of aliphatic hydroxyl groups excluding tert-OH is 1. The fourth-order valence-electron chi connectivity index (χ4n) is 2.08. The Labute approximate surface area is 103 Å². The molecule has 4 atom stereocenters. The summed E-state index contributed by atoms with van der Waals surface area (Å²) in [6.45, 7) is 1.84. The normalized spacial score (nSPS) is 31.2. The van der Waals surface area contributed by atoms with E-state index in [2.05, 4.69) is 4.98 Å². The van der Waals surface area contributed by atoms with E-state index in [4.69, 9.17) is 15.7 Å². The van der Waals surface area contributed by atoms with Crippen LogP contribution in [0.1, 0.15) is 19.6 Å². The first-order valence-corrected chi connectivity index (χ1v) is 5.66. The maximum Gasteiger partial charge on any atom is 0.351 e. The lowest BCUT2D eigenvalue weighted by Gasteiger charge is -2.16. The summed E-state index contributed by atoms with van der Waals surface area (Å²) in [5, 5.41) is 19.0. The summed E-state index contributed by atoms with van der Waals surface area (Å²) in [7, 11) is 0. The van der Waals surface area contributed by atoms with Gasteiger partial charge in [0, 0.05) is 6.20 Å². The second kappa shape index (κ2) is 4.76. The highest BCUT2D eigenvalue weighted by Gasteiger charge is 2.44. The van der Waals surface area contributed by atoms with E-state index < -0.39 is 30.0 Å². The van der Waals surface area contributed by atoms with Crippen molar-refractivity contribution in [2.75, 3.05) is 5.73 Å². The average molecular weight is 250 g/mol. The maximum atomic E-state index is 11.7. The van der Waals surface area contributed by atoms with E-state index in [1.54, 1.807) is 0 Å². The molecule has 96 valence electrons. The molecule has 1 aliphatic rings. The minimum atomic E-state index is -0.908. The molecule has 0 radical (unpaired) electrons. The highest BCUT2D eigenvalue weighted by atomic mass is 16.5. The van der Waals surface area contributed by atoms with Gasteiger partial charge in [0.25, 0.3) is 0 Å². The van der Waals surface area contributed by atoms with Crippen molar-refractivity contribution in [3.05, 3.63) is 22.7 Å². The summed E-state index contributed by atoms with van der Waals surface area (Å²) < 4.78 is 6.73. The largest absolute Gasteiger partial charge is 0.389 e. The molecule has 0 saturated carbocycles. The molecular formula is C11H14N4O3. The van der Waals surface area contributed by atoms with E-state index in [1.165, 1.54) is 16.8 Å². The minimum absolute atomic E-state index is 0.107. The molecule has 1 saturated heterocycles. The Morgan fingerprint density at radius 1 is 1.72 bits per heavy atom. The van der Waals surface area contributed by atoms with Crippen molar-refractivity contribution >= 4 is 5.82 Å². The Balaban J connectivity index is 2.39. The van der Waals surface area contributed by atoms with Crippen LogP contribution in [0.4, 0.5) is 5.82 Å². The van der Waals surface area contributed by atoms with Gasteiger partial charge in [-0.3, -0.25) is 4.57 Å². The van der Waals surface area contributed by atoms with E-state index in [0.29, 0.717) is 6.42 Å². The predicted molar refractivity (Wildman–Crippen MR) is 62.2 cm³/mol. The van der Waals surface area contributed by atoms with Crippen LogP contribution in [0.25, 0.3) is 0 Å². The van der Waals surface area contributed by atoms with Gasteiger partial charge in [-0.05, 0) is 12.5 Å². The van der Waals surface area contributed by atoms with Crippen molar-refractivity contribution < 1.29 is 9.84 Å². The summed E-state index contributed by atoms with van der Waals surface area (Å²) >= 11 is 0. The number of rotatable bonds is 2. The molecule has 1 aromatic rings. The fraction of sp³-hybridized carbons (Fsp3) is 0.545. The standard InChI is InChI=1S/C11H14N4O3/c1-2-7-9(16)6(5-12)10(18-7)15-4-3-8(13)14-11(15)17/h3-4,6-7,9-10,16H,2H2,1H3,(H2,13,14,17)/t6?,7-,9?,10-/m1/s1. The maximum absolute atomic E-state index is 11.7. The van der Waals surface area contributed by atoms with E-state index in [-0.39, 0.29) is 5.82 Å². The highest BCUT2D eigenvalue weighted by molar-refractivity contribution is 5.23. The number of nitriles is 1. The quantitative estimate of drug-likeness (QED) is 0.740. The number of nitrogen functional groups attached to an aromatic ring is 1. The first-order valence-electron chi connectivity index (χ1n) is 5.66. The summed E-state index contributed by atoms with van der Waals surface area (Å²) in [5.41, 5.74) is 4.80. The summed E-state index contributed by atoms with van der Waals surface area (Å²) in [6, 6.07) is 3.42. The Morgan fingerprint density at radius 3 is 3.00 bits per heavy atom. The predicted octanol–water partition coefficient (Wildman–Crippen LogP) is -0.366. The first-order chi connectivity index (χ1) is 8.58. The van der Waals surface area contributed by atoms with Gasteiger partial charge in [-0.15, -0.1) is 0 Å². The highest BCUT2D eigenvalue weighted by Crippen LogP contribution is 2.34. The lowest BCUT2D eigenvalue weighted by molar-refractivity contribution is -0.0236. The summed E-state index contributed by atoms with van der Waals surface area (Å²) in [4.78, 5) is 15.3. The van der Waals surface area contributed by atoms with Crippen LogP contribution in [0.3, 0.4) is 0 Å². The molecule has 2 heterocycles. The van der Waals surface area contributed by atoms with Crippen molar-refractivity contribution in [1.29, 1.82) is 5.26 Å². The van der Waals surface area contributed by atoms with Crippen LogP contribution in [0.2, 0.25) is 0 Å². The molecule has 1 fully saturated rings. The number of nitrogens with zero attached hydrogens (tertiary/aromatic N) is 3. The Morgan fingerprint density at radius 2 is 2.44 bits per heavy atom. The molecule has 1 aromatic heterocycles. The molecule has 7 heteroatoms. The van der Waals surface area contributed by atoms with Gasteiger partial charge in [0.1, 0.15) is 17.8 Å². The SMILES string of the molecule is CC[C@H]1O[C@@H](n2ccc(N)nc2=O)C(C#N)C1O. The van der Waals surface area contributed by atoms with Gasteiger partial charge in [0.05, 0.1) is 12.2 Å². The third-order valence-corrected chi connectivity index (χ3v) is 3.05. The number of aliphatic hydroxyl groups is 1. The van der Waals surface area contributed by atoms with Crippen molar-refractivity contribution in [3.63, 3.8) is 0 Å². The third kappa shape index (κ3) is 1.96. The van der Waals surface area contributed by atoms with Gasteiger partial charge >= 0.3 is 5.69 Å². The molecule has 18 heavy (non-hydrogen) atoms. The Bertz CT molecular complexity index is 536. The van der Waals surface area contributed by atoms with E-state index >= 15 is 0 Å². The van der Waals surface area contributed by atoms with E-state index in [9.17, 15) is 9.90 Å². The first kappa shape index (κ1) is 12.5. The van der Waals surface area contributed by atoms with Gasteiger partial charge in [-0.1, -0.05) is 6.92 Å². The number of ether oxygens (including phenoxy) is 1. The fourth-order valence-corrected chi connectivity index (χ4v) is 2.08. The third-order valence-electron chi connectivity index (χ3n) is 3.05. The minimum Gasteiger partial charge on any atom is -0.389 e. The van der Waals surface area contributed by atoms with E-state index in [1.807, 2.05) is 13.0 Å². The monoisotopic (exact) mass is 250 g/mol. The smallest absolute Gasteiger partial charge is 0.351 e. The lowest BCUT2D eigenvalue weighted by atomic mass is 10.00. The van der Waals surface area contributed by atoms with Crippen LogP contribution in [-0.2, 0) is 4.74 Å². The number of anilines is 1. The molecule has 3 N–H and O–H groups in total. The van der Waals surface area contributed by atoms with Crippen molar-refractivity contribution in [2.45, 2.75) is 31.8 Å². The van der Waals surface area contributed by atoms with Crippen LogP contribution < -0.4 is 11.4 Å². The van der Waals surface area contributed by atoms with Gasteiger partial charge in [0.15, 0.2) is 6.23 Å². The zero-order valence-electron chi connectivity index (χ0n) is 9.85. The van der Waals surface area contributed by atoms with Gasteiger partial charge in [-0.25, -0.2) is 4.79 Å². The van der Waals surface area contributed by atoms with Gasteiger partial charge in [0.2, 0.25) is 0 Å². The molecule has 7 nitrogen and oxygen atoms in total. The van der Waals surface area contributed by atoms with Crippen LogP contribution in [0, 0.1) is 17.2 Å². The molecule has 0 bridgehead atoms. The van der Waals surface area contributed by atoms with Crippen molar-refractivity contribution in [3.8, 4) is 6.07 Å². The van der Waals surface area contributed by atoms with Gasteiger partial charge < -0.3 is 15.6 Å². The lowest BCUT2D eigenvalue weighted by Crippen LogP contribution is -2.31. The second-order valence-corrected chi connectivity index (χ2v) is 4.16. The molecule has 0 amide bonds. The summed E-state index contributed by atoms with van der Waals surface area (Å²) in [5.74, 6) is -0.687. The molecular weight excluding hydrogens is 236 g/mol. The van der Waals surface area contributed by atoms with Crippen LogP contribution >= 0.6 is 0 Å². The molecule has 2 rings (SSSR count). The van der Waals surface area contributed by atoms with Crippen molar-refractivity contribution in [1.82, 2.24) is 9.55 Å². The zero-order chi connectivity index (χ0) is 13.3. The molecule has 0 aromatic carbocycles. The number of nitrogens with two attached hydrogens (primary N) is 1. The van der Waals surface area contributed by atoms with Crippen LogP contribution in [0.5, 0.6) is 0 Å². The summed E-state index contributed by atoms with van der Waals surface area (Å²) in [6.07, 6.45) is -0.202. The number of aromatic nitrogens is 2. The average Bonchev–Trinajstić information content (AvgIpc) is 2.65.